The normalized spacial score (nSPS) is 13.0. The van der Waals surface area contributed by atoms with Gasteiger partial charge in [-0.3, -0.25) is 14.4 Å². The number of benzene rings is 1. The molecule has 0 saturated carbocycles. The maximum Gasteiger partial charge on any atom is 0.262 e. The van der Waals surface area contributed by atoms with Gasteiger partial charge < -0.3 is 24.8 Å². The Morgan fingerprint density at radius 3 is 2.75 bits per heavy atom. The zero-order valence-corrected chi connectivity index (χ0v) is 13.6. The third-order valence-corrected chi connectivity index (χ3v) is 3.51. The van der Waals surface area contributed by atoms with Crippen molar-refractivity contribution in [2.75, 3.05) is 32.7 Å². The molecule has 0 saturated heterocycles. The fourth-order valence-electron chi connectivity index (χ4n) is 2.18. The predicted molar refractivity (Wildman–Crippen MR) is 84.9 cm³/mol. The van der Waals surface area contributed by atoms with Gasteiger partial charge in [-0.05, 0) is 18.2 Å². The fourth-order valence-corrected chi connectivity index (χ4v) is 2.18. The van der Waals surface area contributed by atoms with Crippen molar-refractivity contribution in [2.24, 2.45) is 0 Å². The maximum atomic E-state index is 12.2. The topological polar surface area (TPSA) is 103 Å². The lowest BCUT2D eigenvalue weighted by atomic mass is 10.0. The molecule has 0 bridgehead atoms. The van der Waals surface area contributed by atoms with E-state index in [1.807, 2.05) is 0 Å². The van der Waals surface area contributed by atoms with Crippen LogP contribution in [0, 0.1) is 0 Å². The van der Waals surface area contributed by atoms with Crippen molar-refractivity contribution in [3.63, 3.8) is 0 Å². The molecule has 1 aromatic carbocycles. The molecule has 0 aromatic heterocycles. The second kappa shape index (κ2) is 8.42. The molecule has 8 heteroatoms. The summed E-state index contributed by atoms with van der Waals surface area (Å²) in [7, 11) is 2.95. The highest BCUT2D eigenvalue weighted by atomic mass is 16.7. The summed E-state index contributed by atoms with van der Waals surface area (Å²) in [5.74, 6) is -0.203. The number of fused-ring (bicyclic) bond motifs is 1. The van der Waals surface area contributed by atoms with Crippen molar-refractivity contribution in [1.82, 2.24) is 5.32 Å². The van der Waals surface area contributed by atoms with Gasteiger partial charge in [0.05, 0.1) is 12.2 Å². The Morgan fingerprint density at radius 2 is 2.04 bits per heavy atom. The highest BCUT2D eigenvalue weighted by Crippen LogP contribution is 2.28. The number of carbonyl (C=O) groups is 3. The molecule has 1 aliphatic heterocycles. The maximum absolute atomic E-state index is 12.2. The van der Waals surface area contributed by atoms with Crippen LogP contribution in [0.2, 0.25) is 0 Å². The fraction of sp³-hybridized carbons (Fsp3) is 0.438. The van der Waals surface area contributed by atoms with Crippen LogP contribution in [0.15, 0.2) is 18.2 Å². The highest BCUT2D eigenvalue weighted by Gasteiger charge is 2.18. The molecule has 2 N–H and O–H groups in total. The van der Waals surface area contributed by atoms with E-state index in [4.69, 9.17) is 14.2 Å². The van der Waals surface area contributed by atoms with E-state index < -0.39 is 6.29 Å². The van der Waals surface area contributed by atoms with Crippen LogP contribution in [0.5, 0.6) is 5.75 Å². The number of ketones is 1. The monoisotopic (exact) mass is 336 g/mol. The van der Waals surface area contributed by atoms with Crippen LogP contribution in [0.1, 0.15) is 23.2 Å². The Kier molecular flexibility index (Phi) is 6.28. The molecule has 0 fully saturated rings. The summed E-state index contributed by atoms with van der Waals surface area (Å²) in [5.41, 5.74) is 0.878. The number of rotatable bonds is 8. The molecule has 2 amide bonds. The number of anilines is 1. The summed E-state index contributed by atoms with van der Waals surface area (Å²) in [6.07, 6.45) is -0.405. The minimum atomic E-state index is -0.520. The molecule has 0 radical (unpaired) electrons. The third kappa shape index (κ3) is 4.77. The zero-order valence-electron chi connectivity index (χ0n) is 13.6. The van der Waals surface area contributed by atoms with E-state index >= 15 is 0 Å². The van der Waals surface area contributed by atoms with E-state index in [9.17, 15) is 14.4 Å². The van der Waals surface area contributed by atoms with Gasteiger partial charge in [0.15, 0.2) is 18.7 Å². The minimum Gasteiger partial charge on any atom is -0.482 e. The molecule has 8 nitrogen and oxygen atoms in total. The van der Waals surface area contributed by atoms with E-state index in [2.05, 4.69) is 10.6 Å². The number of hydrogen-bond acceptors (Lipinski definition) is 6. The van der Waals surface area contributed by atoms with Crippen LogP contribution < -0.4 is 15.4 Å². The predicted octanol–water partition coefficient (Wildman–Crippen LogP) is 0.715. The second-order valence-electron chi connectivity index (χ2n) is 5.18. The van der Waals surface area contributed by atoms with Gasteiger partial charge in [0, 0.05) is 32.6 Å². The van der Waals surface area contributed by atoms with Crippen LogP contribution in [0.25, 0.3) is 0 Å². The number of hydrogen-bond donors (Lipinski definition) is 2. The molecule has 0 atom stereocenters. The Labute approximate surface area is 139 Å². The van der Waals surface area contributed by atoms with Crippen molar-refractivity contribution in [3.05, 3.63) is 23.8 Å². The van der Waals surface area contributed by atoms with E-state index in [1.54, 1.807) is 18.2 Å². The summed E-state index contributed by atoms with van der Waals surface area (Å²) < 4.78 is 15.1. The Hall–Kier alpha value is -2.45. The molecule has 1 heterocycles. The molecule has 1 aliphatic rings. The van der Waals surface area contributed by atoms with Crippen LogP contribution in [-0.4, -0.2) is 51.3 Å². The number of carbonyl (C=O) groups excluding carboxylic acids is 3. The van der Waals surface area contributed by atoms with Gasteiger partial charge in [0.1, 0.15) is 5.75 Å². The van der Waals surface area contributed by atoms with Crippen LogP contribution in [0.3, 0.4) is 0 Å². The van der Waals surface area contributed by atoms with E-state index in [0.717, 1.165) is 0 Å². The van der Waals surface area contributed by atoms with E-state index in [-0.39, 0.29) is 43.6 Å². The summed E-state index contributed by atoms with van der Waals surface area (Å²) in [5, 5.41) is 5.27. The SMILES string of the molecule is COC(CNC(=O)CCC(=O)c1ccc2c(c1)NC(=O)CO2)OC. The van der Waals surface area contributed by atoms with Gasteiger partial charge in [-0.2, -0.15) is 0 Å². The molecule has 0 spiro atoms. The largest absolute Gasteiger partial charge is 0.482 e. The van der Waals surface area contributed by atoms with Crippen LogP contribution >= 0.6 is 0 Å². The van der Waals surface area contributed by atoms with Crippen LogP contribution in [-0.2, 0) is 19.1 Å². The Balaban J connectivity index is 1.85. The molecule has 0 aliphatic carbocycles. The lowest BCUT2D eigenvalue weighted by Crippen LogP contribution is -2.34. The molecule has 24 heavy (non-hydrogen) atoms. The molecule has 0 unspecified atom stereocenters. The first-order chi connectivity index (χ1) is 11.5. The summed E-state index contributed by atoms with van der Waals surface area (Å²) in [4.78, 5) is 35.2. The first kappa shape index (κ1) is 17.9. The van der Waals surface area contributed by atoms with Crippen molar-refractivity contribution in [1.29, 1.82) is 0 Å². The minimum absolute atomic E-state index is 0.0373. The van der Waals surface area contributed by atoms with E-state index in [0.29, 0.717) is 17.0 Å². The smallest absolute Gasteiger partial charge is 0.262 e. The first-order valence-corrected chi connectivity index (χ1v) is 7.45. The van der Waals surface area contributed by atoms with Crippen molar-refractivity contribution < 1.29 is 28.6 Å². The number of nitrogens with one attached hydrogen (secondary N) is 2. The molecule has 2 rings (SSSR count). The van der Waals surface area contributed by atoms with Gasteiger partial charge in [0.25, 0.3) is 5.91 Å². The van der Waals surface area contributed by atoms with Gasteiger partial charge >= 0.3 is 0 Å². The third-order valence-electron chi connectivity index (χ3n) is 3.51. The number of ether oxygens (including phenoxy) is 3. The van der Waals surface area contributed by atoms with Crippen molar-refractivity contribution in [2.45, 2.75) is 19.1 Å². The molecular formula is C16H20N2O6. The van der Waals surface area contributed by atoms with Crippen molar-refractivity contribution >= 4 is 23.3 Å². The van der Waals surface area contributed by atoms with Gasteiger partial charge in [-0.1, -0.05) is 0 Å². The summed E-state index contributed by atoms with van der Waals surface area (Å²) in [6.45, 7) is 0.173. The standard InChI is InChI=1S/C16H20N2O6/c1-22-16(23-2)8-17-14(20)6-4-12(19)10-3-5-13-11(7-10)18-15(21)9-24-13/h3,5,7,16H,4,6,8-9H2,1-2H3,(H,17,20)(H,18,21). The summed E-state index contributed by atoms with van der Waals surface area (Å²) in [6, 6.07) is 4.80. The lowest BCUT2D eigenvalue weighted by molar-refractivity contribution is -0.127. The van der Waals surface area contributed by atoms with Crippen LogP contribution in [0.4, 0.5) is 5.69 Å². The van der Waals surface area contributed by atoms with Gasteiger partial charge in [-0.25, -0.2) is 0 Å². The number of Topliss-reactive ketones (excluding diaryl/α,β-unsaturated/α-hetero) is 1. The number of amides is 2. The zero-order chi connectivity index (χ0) is 17.5. The first-order valence-electron chi connectivity index (χ1n) is 7.45. The molecular weight excluding hydrogens is 316 g/mol. The average Bonchev–Trinajstić information content (AvgIpc) is 2.59. The highest BCUT2D eigenvalue weighted by molar-refractivity contribution is 6.01. The average molecular weight is 336 g/mol. The number of methoxy groups -OCH3 is 2. The second-order valence-corrected chi connectivity index (χ2v) is 5.18. The Bertz CT molecular complexity index is 627. The van der Waals surface area contributed by atoms with Gasteiger partial charge in [0.2, 0.25) is 5.91 Å². The lowest BCUT2D eigenvalue weighted by Gasteiger charge is -2.18. The quantitative estimate of drug-likeness (QED) is 0.535. The van der Waals surface area contributed by atoms with Crippen molar-refractivity contribution in [3.8, 4) is 5.75 Å². The van der Waals surface area contributed by atoms with Gasteiger partial charge in [-0.15, -0.1) is 0 Å². The Morgan fingerprint density at radius 1 is 1.29 bits per heavy atom. The summed E-state index contributed by atoms with van der Waals surface area (Å²) >= 11 is 0. The molecule has 130 valence electrons. The van der Waals surface area contributed by atoms with E-state index in [1.165, 1.54) is 14.2 Å². The molecule has 1 aromatic rings.